The van der Waals surface area contributed by atoms with Crippen molar-refractivity contribution in [2.45, 2.75) is 114 Å². The Kier molecular flexibility index (Phi) is 13.8. The van der Waals surface area contributed by atoms with Crippen molar-refractivity contribution in [2.24, 2.45) is 33.2 Å². The lowest BCUT2D eigenvalue weighted by atomic mass is 9.62. The van der Waals surface area contributed by atoms with Gasteiger partial charge in [-0.15, -0.1) is 5.76 Å². The molecule has 8 N–H and O–H groups in total. The van der Waals surface area contributed by atoms with Crippen molar-refractivity contribution in [3.05, 3.63) is 123 Å². The average Bonchev–Trinajstić information content (AvgIpc) is 3.82. The number of phenolic OH excluding ortho intramolecular Hbond substituents is 2. The Balaban J connectivity index is 1.18. The quantitative estimate of drug-likeness (QED) is 0.0842. The number of aliphatic imine (C=N–C) groups is 1. The zero-order valence-corrected chi connectivity index (χ0v) is 37.5. The molecule has 0 amide bonds. The van der Waals surface area contributed by atoms with E-state index in [-0.39, 0.29) is 65.3 Å². The minimum Gasteiger partial charge on any atom is -0.875 e. The highest BCUT2D eigenvalue weighted by atomic mass is 33.1. The second kappa shape index (κ2) is 19.3. The lowest BCUT2D eigenvalue weighted by molar-refractivity contribution is -0.307. The van der Waals surface area contributed by atoms with E-state index in [0.717, 1.165) is 65.7 Å². The fraction of sp³-hybridized carbons (Fsp3) is 0.451. The summed E-state index contributed by atoms with van der Waals surface area (Å²) in [6.45, 7) is 2.04. The molecular formula is C51H58N3O7S2-. The fourth-order valence-corrected chi connectivity index (χ4v) is 13.3. The molecule has 10 nitrogen and oxygen atoms in total. The van der Waals surface area contributed by atoms with Crippen LogP contribution in [0, 0.1) is 28.6 Å². The largest absolute Gasteiger partial charge is 0.875 e. The van der Waals surface area contributed by atoms with E-state index in [9.17, 15) is 30.3 Å². The van der Waals surface area contributed by atoms with E-state index in [4.69, 9.17) is 16.2 Å². The Morgan fingerprint density at radius 3 is 2.63 bits per heavy atom. The Labute approximate surface area is 378 Å². The van der Waals surface area contributed by atoms with Gasteiger partial charge < -0.3 is 41.7 Å². The van der Waals surface area contributed by atoms with E-state index in [0.29, 0.717) is 66.0 Å². The van der Waals surface area contributed by atoms with Crippen LogP contribution >= 0.6 is 21.6 Å². The van der Waals surface area contributed by atoms with Crippen LogP contribution in [0.1, 0.15) is 122 Å². The lowest BCUT2D eigenvalue weighted by Gasteiger charge is -2.44. The monoisotopic (exact) mass is 888 g/mol. The number of aliphatic hydroxyl groups excluding tert-OH is 2. The van der Waals surface area contributed by atoms with Gasteiger partial charge in [-0.3, -0.25) is 9.79 Å². The molecule has 2 saturated carbocycles. The van der Waals surface area contributed by atoms with Gasteiger partial charge in [-0.05, 0) is 139 Å². The first kappa shape index (κ1) is 45.1. The number of nitrogens with zero attached hydrogens (tertiary/aromatic N) is 1. The lowest BCUT2D eigenvalue weighted by Crippen LogP contribution is -2.38. The Morgan fingerprint density at radius 2 is 1.83 bits per heavy atom. The number of ketones is 1. The highest BCUT2D eigenvalue weighted by Gasteiger charge is 2.58. The highest BCUT2D eigenvalue weighted by Crippen LogP contribution is 2.64. The van der Waals surface area contributed by atoms with Gasteiger partial charge in [-0.2, -0.15) is 0 Å². The maximum Gasteiger partial charge on any atom is 0.161 e. The van der Waals surface area contributed by atoms with Gasteiger partial charge in [-0.25, -0.2) is 0 Å². The van der Waals surface area contributed by atoms with Crippen LogP contribution in [0.15, 0.2) is 89.3 Å². The van der Waals surface area contributed by atoms with Gasteiger partial charge in [0.25, 0.3) is 0 Å². The minimum atomic E-state index is -0.793. The number of aryl methyl sites for hydroxylation is 1. The second-order valence-corrected chi connectivity index (χ2v) is 20.7. The third-order valence-electron chi connectivity index (χ3n) is 14.0. The molecule has 8 rings (SSSR count). The topological polar surface area (TPSA) is 195 Å². The molecule has 2 aliphatic heterocycles. The number of carbonyl (C=O) groups excluding carboxylic acids is 1. The molecule has 3 aromatic carbocycles. The van der Waals surface area contributed by atoms with Crippen molar-refractivity contribution in [3.63, 3.8) is 0 Å². The number of benzene rings is 3. The minimum absolute atomic E-state index is 0.00201. The number of allylic oxidation sites excluding steroid dienone is 5. The third kappa shape index (κ3) is 9.95. The number of phenols is 2. The zero-order valence-electron chi connectivity index (χ0n) is 35.9. The van der Waals surface area contributed by atoms with Gasteiger partial charge >= 0.3 is 0 Å². The molecule has 0 spiro atoms. The number of rotatable bonds is 5. The van der Waals surface area contributed by atoms with Gasteiger partial charge in [0.05, 0.1) is 37.1 Å². The molecular weight excluding hydrogens is 831 g/mol. The molecule has 0 unspecified atom stereocenters. The molecule has 8 bridgehead atoms. The molecule has 2 fully saturated rings. The van der Waals surface area contributed by atoms with E-state index < -0.39 is 18.2 Å². The first-order valence-corrected chi connectivity index (χ1v) is 24.7. The van der Waals surface area contributed by atoms with Gasteiger partial charge in [0.2, 0.25) is 0 Å². The number of fused-ring (bicyclic) bond motifs is 7. The Morgan fingerprint density at radius 1 is 1.02 bits per heavy atom. The van der Waals surface area contributed by atoms with Crippen molar-refractivity contribution in [3.8, 4) is 29.1 Å². The number of aromatic hydroxyl groups is 2. The number of carbonyl (C=O) groups is 1. The number of aliphatic hydroxyl groups is 2. The molecule has 5 aliphatic rings. The Hall–Kier alpha value is -4.48. The number of nitrogens with two attached hydrogens (primary N) is 2. The Bertz CT molecular complexity index is 2410. The molecule has 6 atom stereocenters. The van der Waals surface area contributed by atoms with Crippen LogP contribution in [0.2, 0.25) is 0 Å². The summed E-state index contributed by atoms with van der Waals surface area (Å²) >= 11 is 0. The van der Waals surface area contributed by atoms with Gasteiger partial charge in [0.1, 0.15) is 5.75 Å². The molecule has 0 radical (unpaired) electrons. The molecule has 332 valence electrons. The molecule has 3 aromatic rings. The normalized spacial score (nSPS) is 27.2. The molecule has 3 aliphatic carbocycles. The van der Waals surface area contributed by atoms with Crippen LogP contribution in [-0.4, -0.2) is 56.5 Å². The molecule has 0 saturated heterocycles. The number of hydrogen-bond acceptors (Lipinski definition) is 12. The summed E-state index contributed by atoms with van der Waals surface area (Å²) in [5.41, 5.74) is 18.9. The average molecular weight is 889 g/mol. The number of ether oxygens (including phenoxy) is 1. The predicted molar refractivity (Wildman–Crippen MR) is 249 cm³/mol. The maximum absolute atomic E-state index is 14.2. The van der Waals surface area contributed by atoms with Gasteiger partial charge in [0.15, 0.2) is 17.3 Å². The fourth-order valence-electron chi connectivity index (χ4n) is 10.5. The first-order chi connectivity index (χ1) is 30.3. The molecule has 2 heterocycles. The van der Waals surface area contributed by atoms with E-state index in [1.165, 1.54) is 0 Å². The third-order valence-corrected chi connectivity index (χ3v) is 16.5. The summed E-state index contributed by atoms with van der Waals surface area (Å²) in [7, 11) is 3.41. The van der Waals surface area contributed by atoms with Crippen LogP contribution in [0.4, 0.5) is 0 Å². The molecule has 0 aromatic heterocycles. The summed E-state index contributed by atoms with van der Waals surface area (Å²) in [6.07, 6.45) is 12.8. The summed E-state index contributed by atoms with van der Waals surface area (Å²) in [5, 5.41) is 58.5. The van der Waals surface area contributed by atoms with Crippen LogP contribution < -0.4 is 21.3 Å². The van der Waals surface area contributed by atoms with Crippen LogP contribution in [0.3, 0.4) is 0 Å². The molecule has 12 heteroatoms. The maximum atomic E-state index is 14.2. The summed E-state index contributed by atoms with van der Waals surface area (Å²) in [6, 6.07) is 14.6. The van der Waals surface area contributed by atoms with E-state index >= 15 is 0 Å². The predicted octanol–water partition coefficient (Wildman–Crippen LogP) is 7.54. The first-order valence-electron chi connectivity index (χ1n) is 22.2. The standard InChI is InChI=1S/C51H59N3O7S2/c1-31(55)4-2-6-36-14-18-51-29-50(36,27-48(51)60)19-15-37(56)11-8-32-10-13-45(58)47(23-32)61-21-17-33-9-12-44(57)42(22-33)41-26-46(59)38-16-20-54-43(38)7-3-5-34-24-40(49(52)53)35(25-39(34)41)28-62-63-30-51/h9-10,12-13,15-16,19-20,22-25,31,36,41,48-49,55,57-60H,2,4,6-8,11,14,17-18,21,26-30,52-53H2,1H3/p-1/b19-15-,46-38?/t31-,36-,41+,48+,50-,51-/m0/s1. The SMILES string of the molecule is C[C@H](O)CCC[C@H]1CC[C@]23CSSCc4cc5c(cc4C(N)N)C#CCC4=NC=CC4=C([O-])C[C@H]5c4cc(ccc4O)CCOc4cc(ccc4O)CCC(=O)/C=C\[C@]1(C[C@H]2O)C3. The summed E-state index contributed by atoms with van der Waals surface area (Å²) in [4.78, 5) is 18.0. The van der Waals surface area contributed by atoms with Crippen molar-refractivity contribution in [1.82, 2.24) is 0 Å². The van der Waals surface area contributed by atoms with E-state index in [2.05, 4.69) is 29.0 Å². The zero-order chi connectivity index (χ0) is 44.3. The highest BCUT2D eigenvalue weighted by molar-refractivity contribution is 8.76. The van der Waals surface area contributed by atoms with Gasteiger partial charge in [-0.1, -0.05) is 70.2 Å². The number of hydrogen-bond donors (Lipinski definition) is 6. The van der Waals surface area contributed by atoms with Gasteiger partial charge in [0, 0.05) is 53.0 Å². The second-order valence-electron chi connectivity index (χ2n) is 18.3. The summed E-state index contributed by atoms with van der Waals surface area (Å²) in [5.74, 6) is 7.87. The van der Waals surface area contributed by atoms with E-state index in [1.807, 2.05) is 25.1 Å². The smallest absolute Gasteiger partial charge is 0.161 e. The summed E-state index contributed by atoms with van der Waals surface area (Å²) < 4.78 is 6.14. The van der Waals surface area contributed by atoms with Crippen molar-refractivity contribution in [1.29, 1.82) is 0 Å². The van der Waals surface area contributed by atoms with Crippen LogP contribution in [-0.2, 0) is 23.4 Å². The van der Waals surface area contributed by atoms with Crippen molar-refractivity contribution >= 4 is 33.1 Å². The van der Waals surface area contributed by atoms with E-state index in [1.54, 1.807) is 64.2 Å². The molecule has 63 heavy (non-hydrogen) atoms. The van der Waals surface area contributed by atoms with Crippen LogP contribution in [0.25, 0.3) is 0 Å². The van der Waals surface area contributed by atoms with Crippen molar-refractivity contribution < 1.29 is 35.1 Å². The van der Waals surface area contributed by atoms with Crippen LogP contribution in [0.5, 0.6) is 17.2 Å². The van der Waals surface area contributed by atoms with Crippen molar-refractivity contribution in [2.75, 3.05) is 12.4 Å².